The van der Waals surface area contributed by atoms with Crippen LogP contribution in [0.3, 0.4) is 0 Å². The molecule has 28 heavy (non-hydrogen) atoms. The number of nitrogens with one attached hydrogen (secondary N) is 1. The number of hydrogen-bond donors (Lipinski definition) is 1. The number of nitrogens with zero attached hydrogens (tertiary/aromatic N) is 1. The maximum Gasteiger partial charge on any atom is 0.158 e. The van der Waals surface area contributed by atoms with Gasteiger partial charge in [0.25, 0.3) is 0 Å². The number of allylic oxidation sites excluding steroid dienone is 2. The molecule has 3 nitrogen and oxygen atoms in total. The number of halogens is 1. The van der Waals surface area contributed by atoms with Crippen molar-refractivity contribution in [2.45, 2.75) is 24.5 Å². The molecular formula is C23H27FN2OS. The number of anilines is 1. The van der Waals surface area contributed by atoms with Crippen LogP contribution in [0.5, 0.6) is 0 Å². The molecule has 0 bridgehead atoms. The Hall–Kier alpha value is -2.27. The van der Waals surface area contributed by atoms with Gasteiger partial charge in [-0.1, -0.05) is 24.3 Å². The first-order valence-corrected chi connectivity index (χ1v) is 10.7. The topological polar surface area (TPSA) is 32.3 Å². The summed E-state index contributed by atoms with van der Waals surface area (Å²) in [6.07, 6.45) is 3.21. The Labute approximate surface area is 171 Å². The van der Waals surface area contributed by atoms with Crippen molar-refractivity contribution in [1.29, 1.82) is 0 Å². The summed E-state index contributed by atoms with van der Waals surface area (Å²) in [6, 6.07) is 15.1. The van der Waals surface area contributed by atoms with Gasteiger partial charge in [0.05, 0.1) is 0 Å². The van der Waals surface area contributed by atoms with E-state index in [-0.39, 0.29) is 17.5 Å². The molecular weight excluding hydrogens is 371 g/mol. The van der Waals surface area contributed by atoms with E-state index in [2.05, 4.69) is 34.5 Å². The summed E-state index contributed by atoms with van der Waals surface area (Å²) >= 11 is 1.80. The molecule has 5 heteroatoms. The molecule has 0 fully saturated rings. The summed E-state index contributed by atoms with van der Waals surface area (Å²) in [5.74, 6) is 2.03. The van der Waals surface area contributed by atoms with Crippen molar-refractivity contribution in [3.63, 3.8) is 0 Å². The predicted octanol–water partition coefficient (Wildman–Crippen LogP) is 4.75. The van der Waals surface area contributed by atoms with Crippen LogP contribution in [0, 0.1) is 5.82 Å². The average molecular weight is 399 g/mol. The minimum Gasteiger partial charge on any atom is -0.387 e. The third-order valence-electron chi connectivity index (χ3n) is 4.91. The molecule has 3 rings (SSSR count). The number of benzene rings is 2. The van der Waals surface area contributed by atoms with E-state index in [1.54, 1.807) is 17.8 Å². The Morgan fingerprint density at radius 1 is 1.07 bits per heavy atom. The van der Waals surface area contributed by atoms with Gasteiger partial charge in [0.2, 0.25) is 0 Å². The summed E-state index contributed by atoms with van der Waals surface area (Å²) in [7, 11) is 4.05. The molecule has 148 valence electrons. The van der Waals surface area contributed by atoms with Gasteiger partial charge in [-0.25, -0.2) is 4.39 Å². The number of ketones is 1. The molecule has 0 saturated carbocycles. The first kappa shape index (κ1) is 20.5. The first-order chi connectivity index (χ1) is 13.5. The molecule has 1 N–H and O–H groups in total. The van der Waals surface area contributed by atoms with E-state index < -0.39 is 0 Å². The molecule has 2 aromatic rings. The van der Waals surface area contributed by atoms with Gasteiger partial charge in [-0.15, -0.1) is 0 Å². The van der Waals surface area contributed by atoms with Crippen LogP contribution in [-0.4, -0.2) is 32.2 Å². The van der Waals surface area contributed by atoms with Crippen molar-refractivity contribution in [2.24, 2.45) is 0 Å². The van der Waals surface area contributed by atoms with E-state index in [0.717, 1.165) is 41.4 Å². The highest BCUT2D eigenvalue weighted by Gasteiger charge is 2.22. The Kier molecular flexibility index (Phi) is 7.15. The third kappa shape index (κ3) is 5.86. The lowest BCUT2D eigenvalue weighted by Gasteiger charge is -2.24. The molecule has 2 aromatic carbocycles. The van der Waals surface area contributed by atoms with Crippen LogP contribution in [0.1, 0.15) is 29.9 Å². The van der Waals surface area contributed by atoms with E-state index in [1.165, 1.54) is 17.7 Å². The first-order valence-electron chi connectivity index (χ1n) is 9.58. The van der Waals surface area contributed by atoms with Crippen LogP contribution in [0.15, 0.2) is 60.3 Å². The molecule has 0 heterocycles. The van der Waals surface area contributed by atoms with Crippen molar-refractivity contribution in [2.75, 3.05) is 31.3 Å². The summed E-state index contributed by atoms with van der Waals surface area (Å²) < 4.78 is 12.9. The Morgan fingerprint density at radius 3 is 2.46 bits per heavy atom. The molecule has 0 amide bonds. The predicted molar refractivity (Wildman–Crippen MR) is 116 cm³/mol. The van der Waals surface area contributed by atoms with Crippen molar-refractivity contribution < 1.29 is 9.18 Å². The summed E-state index contributed by atoms with van der Waals surface area (Å²) in [6.45, 7) is 0.817. The Bertz CT molecular complexity index is 816. The largest absolute Gasteiger partial charge is 0.387 e. The third-order valence-corrected chi connectivity index (χ3v) is 5.94. The SMILES string of the molecule is CN(C)c1ccc([C@@H]2CC(=O)C=C(NCCSCc3ccc(F)cc3)C2)cc1. The van der Waals surface area contributed by atoms with E-state index in [9.17, 15) is 9.18 Å². The van der Waals surface area contributed by atoms with Crippen molar-refractivity contribution in [3.8, 4) is 0 Å². The van der Waals surface area contributed by atoms with Crippen molar-refractivity contribution in [3.05, 3.63) is 77.2 Å². The average Bonchev–Trinajstić information content (AvgIpc) is 2.69. The van der Waals surface area contributed by atoms with Crippen molar-refractivity contribution >= 4 is 23.2 Å². The Morgan fingerprint density at radius 2 is 1.79 bits per heavy atom. The fraction of sp³-hybridized carbons (Fsp3) is 0.348. The van der Waals surface area contributed by atoms with Gasteiger partial charge in [0, 0.05) is 56.0 Å². The molecule has 0 spiro atoms. The minimum atomic E-state index is -0.199. The van der Waals surface area contributed by atoms with E-state index in [4.69, 9.17) is 0 Å². The van der Waals surface area contributed by atoms with Crippen LogP contribution in [0.4, 0.5) is 10.1 Å². The minimum absolute atomic E-state index is 0.189. The number of rotatable bonds is 8. The number of carbonyl (C=O) groups is 1. The van der Waals surface area contributed by atoms with Gasteiger partial charge in [0.1, 0.15) is 5.82 Å². The second kappa shape index (κ2) is 9.78. The summed E-state index contributed by atoms with van der Waals surface area (Å²) in [5, 5.41) is 3.43. The molecule has 0 radical (unpaired) electrons. The standard InChI is InChI=1S/C23H27FN2OS/c1-26(2)22-9-5-18(6-10-22)19-13-21(15-23(27)14-19)25-11-12-28-16-17-3-7-20(24)8-4-17/h3-10,15,19,25H,11-14,16H2,1-2H3/t19-/m0/s1. The number of hydrogen-bond acceptors (Lipinski definition) is 4. The lowest BCUT2D eigenvalue weighted by molar-refractivity contribution is -0.115. The highest BCUT2D eigenvalue weighted by molar-refractivity contribution is 7.98. The molecule has 0 aliphatic heterocycles. The second-order valence-electron chi connectivity index (χ2n) is 7.33. The lowest BCUT2D eigenvalue weighted by Crippen LogP contribution is -2.24. The zero-order valence-electron chi connectivity index (χ0n) is 16.5. The van der Waals surface area contributed by atoms with Crippen LogP contribution in [0.2, 0.25) is 0 Å². The number of carbonyl (C=O) groups excluding carboxylic acids is 1. The van der Waals surface area contributed by atoms with Gasteiger partial charge in [-0.2, -0.15) is 11.8 Å². The van der Waals surface area contributed by atoms with E-state index in [1.807, 2.05) is 26.2 Å². The Balaban J connectivity index is 1.46. The van der Waals surface area contributed by atoms with Crippen LogP contribution < -0.4 is 10.2 Å². The second-order valence-corrected chi connectivity index (χ2v) is 8.44. The molecule has 1 aliphatic carbocycles. The lowest BCUT2D eigenvalue weighted by atomic mass is 9.85. The van der Waals surface area contributed by atoms with E-state index >= 15 is 0 Å². The van der Waals surface area contributed by atoms with Crippen molar-refractivity contribution in [1.82, 2.24) is 5.32 Å². The normalized spacial score (nSPS) is 16.6. The zero-order valence-corrected chi connectivity index (χ0v) is 17.3. The highest BCUT2D eigenvalue weighted by atomic mass is 32.2. The highest BCUT2D eigenvalue weighted by Crippen LogP contribution is 2.31. The maximum absolute atomic E-state index is 12.9. The van der Waals surface area contributed by atoms with Gasteiger partial charge in [-0.05, 0) is 47.7 Å². The zero-order chi connectivity index (χ0) is 19.9. The molecule has 0 aromatic heterocycles. The fourth-order valence-electron chi connectivity index (χ4n) is 3.35. The maximum atomic E-state index is 12.9. The van der Waals surface area contributed by atoms with Crippen LogP contribution >= 0.6 is 11.8 Å². The fourth-order valence-corrected chi connectivity index (χ4v) is 4.17. The van der Waals surface area contributed by atoms with Gasteiger partial charge in [-0.3, -0.25) is 4.79 Å². The van der Waals surface area contributed by atoms with Gasteiger partial charge < -0.3 is 10.2 Å². The monoisotopic (exact) mass is 398 g/mol. The van der Waals surface area contributed by atoms with Gasteiger partial charge >= 0.3 is 0 Å². The summed E-state index contributed by atoms with van der Waals surface area (Å²) in [5.41, 5.74) is 4.54. The molecule has 1 aliphatic rings. The van der Waals surface area contributed by atoms with Crippen LogP contribution in [-0.2, 0) is 10.5 Å². The summed E-state index contributed by atoms with van der Waals surface area (Å²) in [4.78, 5) is 14.2. The number of thioether (sulfide) groups is 1. The van der Waals surface area contributed by atoms with Gasteiger partial charge in [0.15, 0.2) is 5.78 Å². The smallest absolute Gasteiger partial charge is 0.158 e. The molecule has 1 atom stereocenters. The molecule has 0 unspecified atom stereocenters. The quantitative estimate of drug-likeness (QED) is 0.651. The van der Waals surface area contributed by atoms with E-state index in [0.29, 0.717) is 6.42 Å². The molecule has 0 saturated heterocycles. The van der Waals surface area contributed by atoms with Crippen LogP contribution in [0.25, 0.3) is 0 Å².